The van der Waals surface area contributed by atoms with Gasteiger partial charge in [-0.15, -0.1) is 0 Å². The van der Waals surface area contributed by atoms with Crippen molar-refractivity contribution in [1.29, 1.82) is 0 Å². The Morgan fingerprint density at radius 3 is 1.15 bits per heavy atom. The Labute approximate surface area is 238 Å². The molecule has 13 heteroatoms. The smallest absolute Gasteiger partial charge is 0.279 e. The van der Waals surface area contributed by atoms with Gasteiger partial charge in [0.1, 0.15) is 0 Å². The molecular formula is C28H38N4O9. The fraction of sp³-hybridized carbons (Fsp3) is 0.571. The van der Waals surface area contributed by atoms with Gasteiger partial charge in [-0.1, -0.05) is 51.4 Å². The lowest BCUT2D eigenvalue weighted by Gasteiger charge is -2.06. The summed E-state index contributed by atoms with van der Waals surface area (Å²) < 4.78 is 5.71. The highest BCUT2D eigenvalue weighted by atomic mass is 16.6. The van der Waals surface area contributed by atoms with Crippen molar-refractivity contribution in [2.75, 3.05) is 13.2 Å². The number of nitro groups is 4. The molecule has 0 bridgehead atoms. The van der Waals surface area contributed by atoms with Crippen LogP contribution in [-0.4, -0.2) is 32.9 Å². The molecule has 0 amide bonds. The van der Waals surface area contributed by atoms with Gasteiger partial charge in [0.2, 0.25) is 0 Å². The van der Waals surface area contributed by atoms with Crippen molar-refractivity contribution >= 4 is 22.7 Å². The molecule has 224 valence electrons. The molecule has 41 heavy (non-hydrogen) atoms. The summed E-state index contributed by atoms with van der Waals surface area (Å²) in [6.07, 6.45) is 12.8. The summed E-state index contributed by atoms with van der Waals surface area (Å²) in [6, 6.07) is 7.64. The average Bonchev–Trinajstić information content (AvgIpc) is 2.94. The van der Waals surface area contributed by atoms with Gasteiger partial charge in [0, 0.05) is 36.5 Å². The lowest BCUT2D eigenvalue weighted by Crippen LogP contribution is -1.99. The number of nitro benzene ring substituents is 4. The number of ether oxygens (including phenoxy) is 1. The van der Waals surface area contributed by atoms with Crippen LogP contribution in [0.25, 0.3) is 0 Å². The number of nitrogens with zero attached hydrogens (tertiary/aromatic N) is 4. The van der Waals surface area contributed by atoms with E-state index in [0.717, 1.165) is 102 Å². The molecule has 0 aliphatic heterocycles. The van der Waals surface area contributed by atoms with Gasteiger partial charge in [-0.3, -0.25) is 40.5 Å². The molecular weight excluding hydrogens is 536 g/mol. The molecule has 0 aromatic heterocycles. The van der Waals surface area contributed by atoms with Gasteiger partial charge in [0.05, 0.1) is 31.8 Å². The van der Waals surface area contributed by atoms with Crippen LogP contribution in [0.4, 0.5) is 22.7 Å². The van der Waals surface area contributed by atoms with E-state index < -0.39 is 19.7 Å². The summed E-state index contributed by atoms with van der Waals surface area (Å²) in [6.45, 7) is 1.45. The van der Waals surface area contributed by atoms with Gasteiger partial charge in [0.25, 0.3) is 22.7 Å². The van der Waals surface area contributed by atoms with Crippen molar-refractivity contribution in [3.05, 3.63) is 88.0 Å². The minimum Gasteiger partial charge on any atom is -0.381 e. The van der Waals surface area contributed by atoms with E-state index >= 15 is 0 Å². The molecule has 0 saturated carbocycles. The van der Waals surface area contributed by atoms with Crippen molar-refractivity contribution in [2.45, 2.75) is 89.9 Å². The maximum Gasteiger partial charge on any atom is 0.279 e. The van der Waals surface area contributed by atoms with Crippen LogP contribution in [0.15, 0.2) is 36.4 Å². The molecule has 0 N–H and O–H groups in total. The first-order valence-electron chi connectivity index (χ1n) is 14.1. The molecule has 0 radical (unpaired) electrons. The lowest BCUT2D eigenvalue weighted by atomic mass is 10.0. The minimum absolute atomic E-state index is 0.190. The number of hydrogen-bond donors (Lipinski definition) is 0. The topological polar surface area (TPSA) is 182 Å². The van der Waals surface area contributed by atoms with Gasteiger partial charge in [-0.05, 0) is 50.7 Å². The summed E-state index contributed by atoms with van der Waals surface area (Å²) in [5.74, 6) is 0. The molecule has 0 atom stereocenters. The quantitative estimate of drug-likeness (QED) is 0.0769. The summed E-state index contributed by atoms with van der Waals surface area (Å²) in [4.78, 5) is 41.7. The van der Waals surface area contributed by atoms with Gasteiger partial charge in [-0.2, -0.15) is 0 Å². The second-order valence-corrected chi connectivity index (χ2v) is 10.0. The zero-order valence-corrected chi connectivity index (χ0v) is 23.2. The lowest BCUT2D eigenvalue weighted by molar-refractivity contribution is -0.394. The largest absolute Gasteiger partial charge is 0.381 e. The van der Waals surface area contributed by atoms with E-state index in [2.05, 4.69) is 0 Å². The third-order valence-electron chi connectivity index (χ3n) is 6.92. The van der Waals surface area contributed by atoms with E-state index in [-0.39, 0.29) is 22.7 Å². The fourth-order valence-electron chi connectivity index (χ4n) is 4.65. The van der Waals surface area contributed by atoms with Crippen LogP contribution in [0.1, 0.15) is 88.2 Å². The van der Waals surface area contributed by atoms with Crippen molar-refractivity contribution in [2.24, 2.45) is 0 Å². The number of hydrogen-bond acceptors (Lipinski definition) is 9. The van der Waals surface area contributed by atoms with Crippen LogP contribution >= 0.6 is 0 Å². The highest BCUT2D eigenvalue weighted by Crippen LogP contribution is 2.27. The maximum absolute atomic E-state index is 11.2. The van der Waals surface area contributed by atoms with Gasteiger partial charge in [0.15, 0.2) is 0 Å². The van der Waals surface area contributed by atoms with E-state index in [4.69, 9.17) is 4.74 Å². The van der Waals surface area contributed by atoms with Crippen LogP contribution in [0.2, 0.25) is 0 Å². The zero-order chi connectivity index (χ0) is 30.0. The van der Waals surface area contributed by atoms with Crippen LogP contribution in [0.5, 0.6) is 0 Å². The highest BCUT2D eigenvalue weighted by Gasteiger charge is 2.20. The van der Waals surface area contributed by atoms with E-state index in [1.807, 2.05) is 0 Å². The Morgan fingerprint density at radius 2 is 0.805 bits per heavy atom. The molecule has 13 nitrogen and oxygen atoms in total. The van der Waals surface area contributed by atoms with Crippen LogP contribution in [0.3, 0.4) is 0 Å². The first-order valence-corrected chi connectivity index (χ1v) is 14.1. The molecule has 2 rings (SSSR count). The third kappa shape index (κ3) is 12.4. The predicted molar refractivity (Wildman–Crippen MR) is 153 cm³/mol. The van der Waals surface area contributed by atoms with E-state index in [1.54, 1.807) is 0 Å². The second-order valence-electron chi connectivity index (χ2n) is 10.0. The Balaban J connectivity index is 1.43. The molecule has 0 heterocycles. The highest BCUT2D eigenvalue weighted by molar-refractivity contribution is 5.50. The molecule has 0 fully saturated rings. The number of rotatable bonds is 22. The Kier molecular flexibility index (Phi) is 14.9. The normalized spacial score (nSPS) is 10.9. The number of unbranched alkanes of at least 4 members (excludes halogenated alkanes) is 10. The monoisotopic (exact) mass is 574 g/mol. The molecule has 0 saturated heterocycles. The van der Waals surface area contributed by atoms with Crippen molar-refractivity contribution in [1.82, 2.24) is 0 Å². The van der Waals surface area contributed by atoms with E-state index in [0.29, 0.717) is 24.0 Å². The van der Waals surface area contributed by atoms with E-state index in [9.17, 15) is 40.5 Å². The maximum atomic E-state index is 11.2. The van der Waals surface area contributed by atoms with Gasteiger partial charge in [-0.25, -0.2) is 0 Å². The number of non-ortho nitro benzene ring substituents is 2. The van der Waals surface area contributed by atoms with Gasteiger partial charge >= 0.3 is 0 Å². The average molecular weight is 575 g/mol. The van der Waals surface area contributed by atoms with Gasteiger partial charge < -0.3 is 4.74 Å². The van der Waals surface area contributed by atoms with Crippen molar-refractivity contribution < 1.29 is 24.4 Å². The Morgan fingerprint density at radius 1 is 0.463 bits per heavy atom. The Hall–Kier alpha value is -4.00. The molecule has 2 aromatic rings. The summed E-state index contributed by atoms with van der Waals surface area (Å²) in [7, 11) is 0. The Bertz CT molecular complexity index is 1080. The second kappa shape index (κ2) is 18.4. The minimum atomic E-state index is -0.628. The first kappa shape index (κ1) is 33.2. The van der Waals surface area contributed by atoms with Crippen molar-refractivity contribution in [3.8, 4) is 0 Å². The number of benzene rings is 2. The molecule has 0 spiro atoms. The fourth-order valence-corrected chi connectivity index (χ4v) is 4.65. The molecule has 2 aromatic carbocycles. The third-order valence-corrected chi connectivity index (χ3v) is 6.92. The summed E-state index contributed by atoms with van der Waals surface area (Å²) >= 11 is 0. The molecule has 0 unspecified atom stereocenters. The molecule has 0 aliphatic carbocycles. The van der Waals surface area contributed by atoms with Crippen molar-refractivity contribution in [3.63, 3.8) is 0 Å². The zero-order valence-electron chi connectivity index (χ0n) is 23.2. The first-order chi connectivity index (χ1) is 19.7. The SMILES string of the molecule is O=[N+]([O-])c1ccc(CCCCCCCCOCCCCCCCCc2ccc([N+](=O)[O-])cc2[N+](=O)[O-])c([N+](=O)[O-])c1. The molecule has 0 aliphatic rings. The van der Waals surface area contributed by atoms with Crippen LogP contribution < -0.4 is 0 Å². The van der Waals surface area contributed by atoms with Crippen LogP contribution in [0, 0.1) is 40.5 Å². The number of aryl methyl sites for hydroxylation is 2. The predicted octanol–water partition coefficient (Wildman–Crippen LogP) is 7.80. The van der Waals surface area contributed by atoms with Crippen LogP contribution in [-0.2, 0) is 17.6 Å². The summed E-state index contributed by atoms with van der Waals surface area (Å²) in [5, 5.41) is 44.1. The standard InChI is InChI=1S/C28H38N4O9/c33-29(34)25-17-15-23(27(21-25)31(37)38)13-9-5-1-3-7-11-19-41-20-12-8-4-2-6-10-14-24-16-18-26(30(35)36)22-28(24)32(39)40/h15-18,21-22H,1-14,19-20H2. The van der Waals surface area contributed by atoms with E-state index in [1.165, 1.54) is 24.3 Å². The summed E-state index contributed by atoms with van der Waals surface area (Å²) in [5.41, 5.74) is 0.139.